The molecule has 491 valence electrons. The first-order valence-electron chi connectivity index (χ1n) is 32.2. The van der Waals surface area contributed by atoms with Crippen LogP contribution in [-0.2, 0) is 60.3 Å². The molecule has 0 amide bonds. The summed E-state index contributed by atoms with van der Waals surface area (Å²) in [7, 11) is 0. The minimum atomic E-state index is 0. The van der Waals surface area contributed by atoms with E-state index in [1.165, 1.54) is 0 Å². The average molecular weight is 1830 g/mol. The zero-order valence-electron chi connectivity index (χ0n) is 53.4. The quantitative estimate of drug-likeness (QED) is 0.136. The van der Waals surface area contributed by atoms with Gasteiger partial charge in [0.25, 0.3) is 0 Å². The maximum atomic E-state index is 6.24. The van der Waals surface area contributed by atoms with Crippen molar-refractivity contribution >= 4 is 134 Å². The summed E-state index contributed by atoms with van der Waals surface area (Å²) in [5, 5.41) is 6.74. The minimum Gasteiger partial charge on any atom is -0.493 e. The van der Waals surface area contributed by atoms with Gasteiger partial charge in [-0.1, -0.05) is 127 Å². The molecular formula is C86H56Ir3N8O3-6. The molecule has 5 aromatic heterocycles. The summed E-state index contributed by atoms with van der Waals surface area (Å²) in [5.74, 6) is 1.75. The van der Waals surface area contributed by atoms with Crippen LogP contribution in [0.2, 0.25) is 0 Å². The van der Waals surface area contributed by atoms with E-state index in [-0.39, 0.29) is 60.3 Å². The van der Waals surface area contributed by atoms with Crippen LogP contribution in [0.25, 0.3) is 88.1 Å². The Labute approximate surface area is 618 Å². The second-order valence-corrected chi connectivity index (χ2v) is 23.8. The molecular weight excluding hydrogens is 1770 g/mol. The van der Waals surface area contributed by atoms with E-state index in [1.807, 2.05) is 134 Å². The van der Waals surface area contributed by atoms with Gasteiger partial charge in [-0.05, 0) is 109 Å². The third-order valence-electron chi connectivity index (χ3n) is 18.2. The van der Waals surface area contributed by atoms with Gasteiger partial charge in [0.05, 0.1) is 11.4 Å². The molecule has 12 aromatic carbocycles. The number of aromatic nitrogens is 2. The van der Waals surface area contributed by atoms with E-state index < -0.39 is 0 Å². The molecule has 100 heavy (non-hydrogen) atoms. The fourth-order valence-electron chi connectivity index (χ4n) is 13.8. The molecule has 0 aliphatic carbocycles. The van der Waals surface area contributed by atoms with Gasteiger partial charge in [-0.25, -0.2) is 9.97 Å². The molecule has 0 atom stereocenters. The van der Waals surface area contributed by atoms with E-state index in [2.05, 4.69) is 244 Å². The summed E-state index contributed by atoms with van der Waals surface area (Å²) in [4.78, 5) is 22.5. The number of aryl methyl sites for hydroxylation is 1. The second-order valence-electron chi connectivity index (χ2n) is 23.8. The normalized spacial score (nSPS) is 12.8. The van der Waals surface area contributed by atoms with Crippen molar-refractivity contribution in [2.45, 2.75) is 6.92 Å². The van der Waals surface area contributed by atoms with Gasteiger partial charge in [-0.2, -0.15) is 91.0 Å². The van der Waals surface area contributed by atoms with Crippen molar-refractivity contribution in [3.8, 4) is 22.3 Å². The SMILES string of the molecule is Cc1c(N2[CH-]N(c3[c-]cccc3)c3ccccc32)ccc2c1oc1ccccc12.[Ir].[Ir].[Ir].[c-]1ccccc1N1[CH-]N(c2ccc3oc4ccccc4c3c2-c2ccccc2)c2cccnc21.[c-]1ccccc1N1[CH-]N(c2ccc3oc4ccccc4c3c2-c2ccccc2)c2ncccc21. The molecule has 3 radical (unpaired) electrons. The van der Waals surface area contributed by atoms with Gasteiger partial charge < -0.3 is 42.7 Å². The largest absolute Gasteiger partial charge is 0.493 e. The molecule has 0 saturated carbocycles. The van der Waals surface area contributed by atoms with Crippen LogP contribution in [0.5, 0.6) is 0 Å². The van der Waals surface area contributed by atoms with Gasteiger partial charge in [-0.15, -0.1) is 37.1 Å². The van der Waals surface area contributed by atoms with Crippen LogP contribution in [0.15, 0.2) is 317 Å². The molecule has 0 saturated heterocycles. The predicted molar refractivity (Wildman–Crippen MR) is 393 cm³/mol. The number of hydrogen-bond acceptors (Lipinski definition) is 11. The van der Waals surface area contributed by atoms with Crippen LogP contribution in [0.3, 0.4) is 0 Å². The summed E-state index contributed by atoms with van der Waals surface area (Å²) >= 11 is 0. The van der Waals surface area contributed by atoms with Gasteiger partial charge in [0.2, 0.25) is 0 Å². The Bertz CT molecular complexity index is 5530. The third-order valence-corrected chi connectivity index (χ3v) is 18.2. The van der Waals surface area contributed by atoms with Crippen LogP contribution in [0.1, 0.15) is 5.56 Å². The van der Waals surface area contributed by atoms with Crippen molar-refractivity contribution < 1.29 is 73.6 Å². The molecule has 0 N–H and O–H groups in total. The molecule has 3 aliphatic heterocycles. The molecule has 0 fully saturated rings. The molecule has 0 unspecified atom stereocenters. The number of furan rings is 3. The number of hydrogen-bond donors (Lipinski definition) is 0. The maximum absolute atomic E-state index is 6.24. The zero-order valence-corrected chi connectivity index (χ0v) is 60.6. The Balaban J connectivity index is 0.000000120. The Morgan fingerprint density at radius 3 is 1.22 bits per heavy atom. The number of fused-ring (bicyclic) bond motifs is 12. The average Bonchev–Trinajstić information content (AvgIpc) is 1.58. The third kappa shape index (κ3) is 11.4. The topological polar surface area (TPSA) is 84.6 Å². The number of anilines is 12. The first-order chi connectivity index (χ1) is 48.1. The summed E-state index contributed by atoms with van der Waals surface area (Å²) in [6, 6.07) is 109. The van der Waals surface area contributed by atoms with Gasteiger partial charge in [0, 0.05) is 150 Å². The summed E-state index contributed by atoms with van der Waals surface area (Å²) < 4.78 is 18.7. The Kier molecular flexibility index (Phi) is 18.1. The van der Waals surface area contributed by atoms with Gasteiger partial charge >= 0.3 is 0 Å². The Morgan fingerprint density at radius 1 is 0.290 bits per heavy atom. The smallest absolute Gasteiger partial charge is 0.140 e. The maximum Gasteiger partial charge on any atom is 0.140 e. The van der Waals surface area contributed by atoms with Gasteiger partial charge in [0.1, 0.15) is 45.1 Å². The standard InChI is InChI=1S/2C30H19N3O.C26H18N2O.3Ir/c1-3-10-21(11-4-1)28-24(17-18-27-29(28)23-14-7-8-16-26(23)34-27)33-20-32(22-12-5-2-6-13-22)30-25(33)15-9-19-31-30;1-3-10-21(11-4-1)28-24(17-18-27-29(28)23-14-7-8-16-26(23)34-27)33-20-32(22-12-5-2-6-13-22)25-15-9-19-31-30(25)33;1-18-22(16-15-21-20-11-5-8-14-25(20)29-26(18)21)28-17-27(19-9-3-2-4-10-19)23-12-6-7-13-24(23)28;;;/h2*1-12,14-20H;2-9,11-17H,1H3;;;/q3*-2;;;. The molecule has 0 spiro atoms. The van der Waals surface area contributed by atoms with Gasteiger partial charge in [-0.3, -0.25) is 0 Å². The molecule has 8 heterocycles. The van der Waals surface area contributed by atoms with Gasteiger partial charge in [0.15, 0.2) is 0 Å². The van der Waals surface area contributed by atoms with E-state index in [0.29, 0.717) is 0 Å². The molecule has 17 aromatic rings. The molecule has 3 aliphatic rings. The van der Waals surface area contributed by atoms with Crippen molar-refractivity contribution in [3.63, 3.8) is 0 Å². The summed E-state index contributed by atoms with van der Waals surface area (Å²) in [6.07, 6.45) is 3.67. The number of benzene rings is 12. The van der Waals surface area contributed by atoms with Crippen LogP contribution in [-0.4, -0.2) is 9.97 Å². The number of rotatable bonds is 8. The van der Waals surface area contributed by atoms with Crippen molar-refractivity contribution in [2.24, 2.45) is 0 Å². The minimum absolute atomic E-state index is 0. The summed E-state index contributed by atoms with van der Waals surface area (Å²) in [5.41, 5.74) is 21.5. The first kappa shape index (κ1) is 65.0. The summed E-state index contributed by atoms with van der Waals surface area (Å²) in [6.45, 7) is 8.46. The van der Waals surface area contributed by atoms with Crippen LogP contribution < -0.4 is 29.4 Å². The second kappa shape index (κ2) is 27.8. The van der Waals surface area contributed by atoms with Crippen molar-refractivity contribution in [1.29, 1.82) is 0 Å². The Morgan fingerprint density at radius 2 is 0.680 bits per heavy atom. The van der Waals surface area contributed by atoms with Crippen LogP contribution >= 0.6 is 0 Å². The number of pyridine rings is 2. The predicted octanol–water partition coefficient (Wildman–Crippen LogP) is 22.8. The zero-order chi connectivity index (χ0) is 64.3. The van der Waals surface area contributed by atoms with E-state index in [9.17, 15) is 0 Å². The molecule has 0 bridgehead atoms. The van der Waals surface area contributed by atoms with Crippen molar-refractivity contribution in [3.05, 3.63) is 347 Å². The fourth-order valence-corrected chi connectivity index (χ4v) is 13.8. The van der Waals surface area contributed by atoms with E-state index >= 15 is 0 Å². The molecule has 20 rings (SSSR count). The van der Waals surface area contributed by atoms with Crippen molar-refractivity contribution in [2.75, 3.05) is 29.4 Å². The Hall–Kier alpha value is -10.9. The van der Waals surface area contributed by atoms with E-state index in [1.54, 1.807) is 0 Å². The fraction of sp³-hybridized carbons (Fsp3) is 0.0116. The van der Waals surface area contributed by atoms with E-state index in [0.717, 1.165) is 162 Å². The molecule has 14 heteroatoms. The monoisotopic (exact) mass is 1830 g/mol. The van der Waals surface area contributed by atoms with E-state index in [4.69, 9.17) is 23.2 Å². The van der Waals surface area contributed by atoms with Crippen molar-refractivity contribution in [1.82, 2.24) is 9.97 Å². The first-order valence-corrected chi connectivity index (χ1v) is 32.2. The number of para-hydroxylation sites is 8. The van der Waals surface area contributed by atoms with Crippen LogP contribution in [0, 0.1) is 45.1 Å². The molecule has 11 nitrogen and oxygen atoms in total. The number of nitrogens with zero attached hydrogens (tertiary/aromatic N) is 8. The van der Waals surface area contributed by atoms with Crippen LogP contribution in [0.4, 0.5) is 68.5 Å².